The molecule has 0 fully saturated rings. The lowest BCUT2D eigenvalue weighted by Gasteiger charge is -2.17. The molecule has 0 N–H and O–H groups in total. The van der Waals surface area contributed by atoms with Crippen LogP contribution in [0.3, 0.4) is 0 Å². The molecule has 0 spiro atoms. The average Bonchev–Trinajstić information content (AvgIpc) is 2.62. The first-order valence-corrected chi connectivity index (χ1v) is 5.79. The van der Waals surface area contributed by atoms with E-state index < -0.39 is 0 Å². The smallest absolute Gasteiger partial charge is 0.182 e. The van der Waals surface area contributed by atoms with Crippen LogP contribution in [0.5, 0.6) is 0 Å². The first-order valence-electron chi connectivity index (χ1n) is 5.79. The van der Waals surface area contributed by atoms with Crippen LogP contribution in [0.15, 0.2) is 30.6 Å². The van der Waals surface area contributed by atoms with Gasteiger partial charge in [0.1, 0.15) is 0 Å². The summed E-state index contributed by atoms with van der Waals surface area (Å²) in [5, 5.41) is 0. The van der Waals surface area contributed by atoms with Gasteiger partial charge in [-0.3, -0.25) is 4.79 Å². The lowest BCUT2D eigenvalue weighted by atomic mass is 10.0. The van der Waals surface area contributed by atoms with Crippen molar-refractivity contribution in [3.8, 4) is 0 Å². The van der Waals surface area contributed by atoms with Crippen molar-refractivity contribution in [1.82, 2.24) is 9.80 Å². The molecule has 1 aromatic carbocycles. The fraction of sp³-hybridized carbons (Fsp3) is 0.357. The summed E-state index contributed by atoms with van der Waals surface area (Å²) in [6.07, 6.45) is 3.94. The van der Waals surface area contributed by atoms with Gasteiger partial charge in [0.05, 0.1) is 13.2 Å². The number of carbonyl (C=O) groups is 1. The van der Waals surface area contributed by atoms with Gasteiger partial charge in [-0.2, -0.15) is 0 Å². The molecule has 0 saturated heterocycles. The number of hydrogen-bond donors (Lipinski definition) is 0. The Morgan fingerprint density at radius 3 is 2.28 bits per heavy atom. The Hall–Kier alpha value is -1.04. The first kappa shape index (κ1) is 15.0. The average molecular weight is 358 g/mol. The molecule has 0 aliphatic carbocycles. The molecule has 4 heteroatoms. The Kier molecular flexibility index (Phi) is 5.19. The molecule has 0 atom stereocenters. The summed E-state index contributed by atoms with van der Waals surface area (Å²) in [7, 11) is 2.00. The van der Waals surface area contributed by atoms with E-state index in [0.717, 1.165) is 23.4 Å². The SMILES string of the molecule is Cc1cc(C)cc(C(=O)CN2C=CN(C)C2)c1.I. The van der Waals surface area contributed by atoms with Crippen LogP contribution in [0.4, 0.5) is 0 Å². The molecule has 0 radical (unpaired) electrons. The maximum absolute atomic E-state index is 12.1. The van der Waals surface area contributed by atoms with E-state index in [1.807, 2.05) is 50.3 Å². The summed E-state index contributed by atoms with van der Waals surface area (Å²) in [5.41, 5.74) is 3.09. The fourth-order valence-electron chi connectivity index (χ4n) is 2.10. The van der Waals surface area contributed by atoms with Crippen molar-refractivity contribution in [1.29, 1.82) is 0 Å². The third kappa shape index (κ3) is 3.73. The number of rotatable bonds is 3. The van der Waals surface area contributed by atoms with Gasteiger partial charge in [0, 0.05) is 25.0 Å². The molecule has 0 unspecified atom stereocenters. The van der Waals surface area contributed by atoms with E-state index in [4.69, 9.17) is 0 Å². The quantitative estimate of drug-likeness (QED) is 0.613. The van der Waals surface area contributed by atoms with E-state index in [9.17, 15) is 4.79 Å². The number of aryl methyl sites for hydroxylation is 2. The summed E-state index contributed by atoms with van der Waals surface area (Å²) in [6, 6.07) is 6.00. The minimum atomic E-state index is 0. The van der Waals surface area contributed by atoms with Crippen molar-refractivity contribution in [2.24, 2.45) is 0 Å². The second-order valence-electron chi connectivity index (χ2n) is 4.74. The van der Waals surface area contributed by atoms with Gasteiger partial charge >= 0.3 is 0 Å². The second kappa shape index (κ2) is 6.22. The van der Waals surface area contributed by atoms with Crippen LogP contribution in [-0.2, 0) is 0 Å². The van der Waals surface area contributed by atoms with Crippen molar-refractivity contribution in [2.75, 3.05) is 20.3 Å². The normalized spacial score (nSPS) is 13.7. The van der Waals surface area contributed by atoms with Gasteiger partial charge in [0.15, 0.2) is 5.78 Å². The van der Waals surface area contributed by atoms with Gasteiger partial charge < -0.3 is 9.80 Å². The number of carbonyl (C=O) groups excluding carboxylic acids is 1. The Bertz CT molecular complexity index is 451. The zero-order valence-corrected chi connectivity index (χ0v) is 13.3. The molecule has 1 aromatic rings. The van der Waals surface area contributed by atoms with E-state index in [1.54, 1.807) is 0 Å². The Morgan fingerprint density at radius 1 is 1.17 bits per heavy atom. The summed E-state index contributed by atoms with van der Waals surface area (Å²) in [6.45, 7) is 5.28. The van der Waals surface area contributed by atoms with Gasteiger partial charge in [-0.15, -0.1) is 24.0 Å². The number of benzene rings is 1. The highest BCUT2D eigenvalue weighted by Gasteiger charge is 2.14. The Labute approximate surface area is 125 Å². The third-order valence-electron chi connectivity index (χ3n) is 2.83. The molecular formula is C14H19IN2O. The van der Waals surface area contributed by atoms with Crippen LogP contribution >= 0.6 is 24.0 Å². The molecule has 0 aromatic heterocycles. The maximum Gasteiger partial charge on any atom is 0.182 e. The molecule has 0 amide bonds. The van der Waals surface area contributed by atoms with Crippen molar-refractivity contribution in [3.63, 3.8) is 0 Å². The summed E-state index contributed by atoms with van der Waals surface area (Å²) >= 11 is 0. The van der Waals surface area contributed by atoms with Crippen LogP contribution in [-0.4, -0.2) is 35.8 Å². The molecule has 3 nitrogen and oxygen atoms in total. The largest absolute Gasteiger partial charge is 0.362 e. The highest BCUT2D eigenvalue weighted by molar-refractivity contribution is 14.0. The van der Waals surface area contributed by atoms with Crippen molar-refractivity contribution >= 4 is 29.8 Å². The molecule has 0 saturated carbocycles. The van der Waals surface area contributed by atoms with E-state index in [-0.39, 0.29) is 29.8 Å². The van der Waals surface area contributed by atoms with Gasteiger partial charge in [0.25, 0.3) is 0 Å². The number of Topliss-reactive ketones (excluding diaryl/α,β-unsaturated/α-hetero) is 1. The first-order chi connectivity index (χ1) is 8.04. The van der Waals surface area contributed by atoms with Gasteiger partial charge in [-0.05, 0) is 26.0 Å². The number of halogens is 1. The van der Waals surface area contributed by atoms with E-state index in [0.29, 0.717) is 6.54 Å². The summed E-state index contributed by atoms with van der Waals surface area (Å²) in [5.74, 6) is 0.178. The predicted octanol–water partition coefficient (Wildman–Crippen LogP) is 2.78. The van der Waals surface area contributed by atoms with Crippen LogP contribution in [0.1, 0.15) is 21.5 Å². The van der Waals surface area contributed by atoms with E-state index in [2.05, 4.69) is 11.0 Å². The van der Waals surface area contributed by atoms with Crippen LogP contribution in [0, 0.1) is 13.8 Å². The topological polar surface area (TPSA) is 23.6 Å². The molecule has 18 heavy (non-hydrogen) atoms. The minimum Gasteiger partial charge on any atom is -0.362 e. The van der Waals surface area contributed by atoms with Crippen molar-refractivity contribution in [3.05, 3.63) is 47.3 Å². The van der Waals surface area contributed by atoms with Crippen molar-refractivity contribution in [2.45, 2.75) is 13.8 Å². The zero-order valence-electron chi connectivity index (χ0n) is 11.0. The summed E-state index contributed by atoms with van der Waals surface area (Å²) in [4.78, 5) is 16.2. The standard InChI is InChI=1S/C14H18N2O.HI/c1-11-6-12(2)8-13(7-11)14(17)9-16-5-4-15(3)10-16;/h4-8H,9-10H2,1-3H3;1H. The molecule has 1 aliphatic rings. The second-order valence-corrected chi connectivity index (χ2v) is 4.74. The zero-order chi connectivity index (χ0) is 12.4. The lowest BCUT2D eigenvalue weighted by Crippen LogP contribution is -2.28. The highest BCUT2D eigenvalue weighted by atomic mass is 127. The number of hydrogen-bond acceptors (Lipinski definition) is 3. The van der Waals surface area contributed by atoms with Crippen LogP contribution in [0.2, 0.25) is 0 Å². The number of ketones is 1. The predicted molar refractivity (Wildman–Crippen MR) is 84.1 cm³/mol. The monoisotopic (exact) mass is 358 g/mol. The molecular weight excluding hydrogens is 339 g/mol. The number of nitrogens with zero attached hydrogens (tertiary/aromatic N) is 2. The highest BCUT2D eigenvalue weighted by Crippen LogP contribution is 2.11. The molecule has 1 heterocycles. The van der Waals surface area contributed by atoms with Gasteiger partial charge in [-0.1, -0.05) is 17.2 Å². The molecule has 1 aliphatic heterocycles. The Balaban J connectivity index is 0.00000162. The van der Waals surface area contributed by atoms with Gasteiger partial charge in [-0.25, -0.2) is 0 Å². The molecule has 2 rings (SSSR count). The van der Waals surface area contributed by atoms with Crippen molar-refractivity contribution < 1.29 is 4.79 Å². The lowest BCUT2D eigenvalue weighted by molar-refractivity contribution is 0.0948. The summed E-state index contributed by atoms with van der Waals surface area (Å²) < 4.78 is 0. The Morgan fingerprint density at radius 2 is 1.78 bits per heavy atom. The minimum absolute atomic E-state index is 0. The maximum atomic E-state index is 12.1. The van der Waals surface area contributed by atoms with Crippen LogP contribution < -0.4 is 0 Å². The molecule has 0 bridgehead atoms. The van der Waals surface area contributed by atoms with Gasteiger partial charge in [0.2, 0.25) is 0 Å². The van der Waals surface area contributed by atoms with E-state index >= 15 is 0 Å². The fourth-order valence-corrected chi connectivity index (χ4v) is 2.10. The third-order valence-corrected chi connectivity index (χ3v) is 2.83. The van der Waals surface area contributed by atoms with E-state index in [1.165, 1.54) is 0 Å². The van der Waals surface area contributed by atoms with Crippen LogP contribution in [0.25, 0.3) is 0 Å². The molecule has 98 valence electrons.